The number of rotatable bonds is 6. The van der Waals surface area contributed by atoms with E-state index in [1.165, 1.54) is 12.5 Å². The van der Waals surface area contributed by atoms with Crippen LogP contribution in [0.5, 0.6) is 0 Å². The fraction of sp³-hybridized carbons (Fsp3) is 0.500. The minimum absolute atomic E-state index is 0.0249. The second kappa shape index (κ2) is 5.37. The summed E-state index contributed by atoms with van der Waals surface area (Å²) in [6.45, 7) is 3.12. The molecule has 0 aromatic carbocycles. The molecule has 110 valence electrons. The minimum atomic E-state index is -3.40. The van der Waals surface area contributed by atoms with Crippen molar-refractivity contribution in [3.05, 3.63) is 24.5 Å². The van der Waals surface area contributed by atoms with E-state index in [4.69, 9.17) is 8.94 Å². The van der Waals surface area contributed by atoms with Gasteiger partial charge in [0.25, 0.3) is 0 Å². The lowest BCUT2D eigenvalue weighted by atomic mass is 10.1. The number of nitrogens with zero attached hydrogens (tertiary/aromatic N) is 2. The molecule has 0 unspecified atom stereocenters. The highest BCUT2D eigenvalue weighted by molar-refractivity contribution is 7.90. The summed E-state index contributed by atoms with van der Waals surface area (Å²) in [5.41, 5.74) is -0.405. The molecular weight excluding hydrogens is 284 g/mol. The van der Waals surface area contributed by atoms with E-state index < -0.39 is 15.4 Å². The topological polar surface area (TPSA) is 106 Å². The van der Waals surface area contributed by atoms with Gasteiger partial charge in [-0.1, -0.05) is 5.16 Å². The van der Waals surface area contributed by atoms with Gasteiger partial charge in [-0.2, -0.15) is 4.98 Å². The summed E-state index contributed by atoms with van der Waals surface area (Å²) in [5.74, 6) is -0.170. The fourth-order valence-electron chi connectivity index (χ4n) is 1.49. The van der Waals surface area contributed by atoms with E-state index in [-0.39, 0.29) is 29.6 Å². The van der Waals surface area contributed by atoms with Gasteiger partial charge < -0.3 is 14.0 Å². The van der Waals surface area contributed by atoms with Crippen LogP contribution in [0.15, 0.2) is 27.5 Å². The van der Waals surface area contributed by atoms with Crippen molar-refractivity contribution >= 4 is 9.84 Å². The van der Waals surface area contributed by atoms with E-state index >= 15 is 0 Å². The lowest BCUT2D eigenvalue weighted by molar-refractivity contribution is 0.0772. The van der Waals surface area contributed by atoms with Crippen LogP contribution in [0.1, 0.15) is 26.2 Å². The highest BCUT2D eigenvalue weighted by Crippen LogP contribution is 2.17. The molecule has 0 fully saturated rings. The largest absolute Gasteiger partial charge is 0.472 e. The van der Waals surface area contributed by atoms with Gasteiger partial charge in [0.2, 0.25) is 11.7 Å². The third-order valence-corrected chi connectivity index (χ3v) is 4.13. The Morgan fingerprint density at radius 1 is 1.40 bits per heavy atom. The van der Waals surface area contributed by atoms with Crippen molar-refractivity contribution in [2.45, 2.75) is 31.6 Å². The first-order valence-corrected chi connectivity index (χ1v) is 7.85. The van der Waals surface area contributed by atoms with E-state index in [2.05, 4.69) is 10.1 Å². The molecule has 0 atom stereocenters. The zero-order valence-corrected chi connectivity index (χ0v) is 12.1. The predicted molar refractivity (Wildman–Crippen MR) is 70.4 cm³/mol. The molecule has 20 heavy (non-hydrogen) atoms. The SMILES string of the molecule is CC(C)(O)CCS(=O)(=O)Cc1nc(-c2ccoc2)no1. The van der Waals surface area contributed by atoms with Gasteiger partial charge in [0, 0.05) is 0 Å². The first-order valence-electron chi connectivity index (χ1n) is 6.03. The highest BCUT2D eigenvalue weighted by Gasteiger charge is 2.22. The van der Waals surface area contributed by atoms with Crippen molar-refractivity contribution in [3.63, 3.8) is 0 Å². The van der Waals surface area contributed by atoms with E-state index in [1.54, 1.807) is 19.9 Å². The maximum atomic E-state index is 11.9. The molecule has 8 heteroatoms. The van der Waals surface area contributed by atoms with Crippen LogP contribution in [0.25, 0.3) is 11.4 Å². The fourth-order valence-corrected chi connectivity index (χ4v) is 2.94. The van der Waals surface area contributed by atoms with Crippen LogP contribution in [0.4, 0.5) is 0 Å². The van der Waals surface area contributed by atoms with Gasteiger partial charge >= 0.3 is 0 Å². The molecule has 2 heterocycles. The molecule has 0 aliphatic rings. The molecule has 0 spiro atoms. The van der Waals surface area contributed by atoms with Crippen LogP contribution in [-0.2, 0) is 15.6 Å². The Kier molecular flexibility index (Phi) is 3.96. The van der Waals surface area contributed by atoms with Gasteiger partial charge in [-0.25, -0.2) is 8.42 Å². The molecule has 0 aliphatic carbocycles. The van der Waals surface area contributed by atoms with Gasteiger partial charge in [0.1, 0.15) is 12.0 Å². The second-order valence-corrected chi connectivity index (χ2v) is 7.36. The third-order valence-electron chi connectivity index (χ3n) is 2.62. The Morgan fingerprint density at radius 2 is 2.15 bits per heavy atom. The molecule has 7 nitrogen and oxygen atoms in total. The molecule has 2 rings (SSSR count). The van der Waals surface area contributed by atoms with E-state index in [0.717, 1.165) is 0 Å². The molecule has 0 aliphatic heterocycles. The number of hydrogen-bond donors (Lipinski definition) is 1. The molecule has 0 bridgehead atoms. The first kappa shape index (κ1) is 14.7. The zero-order chi connectivity index (χ0) is 14.8. The van der Waals surface area contributed by atoms with Crippen molar-refractivity contribution in [1.29, 1.82) is 0 Å². The van der Waals surface area contributed by atoms with E-state index in [9.17, 15) is 13.5 Å². The second-order valence-electron chi connectivity index (χ2n) is 5.18. The van der Waals surface area contributed by atoms with Crippen molar-refractivity contribution < 1.29 is 22.5 Å². The molecule has 0 saturated carbocycles. The summed E-state index contributed by atoms with van der Waals surface area (Å²) in [5, 5.41) is 13.2. The summed E-state index contributed by atoms with van der Waals surface area (Å²) in [4.78, 5) is 4.00. The van der Waals surface area contributed by atoms with Crippen molar-refractivity contribution in [2.24, 2.45) is 0 Å². The predicted octanol–water partition coefficient (Wildman–Crippen LogP) is 1.41. The summed E-state index contributed by atoms with van der Waals surface area (Å²) >= 11 is 0. The molecule has 2 aromatic heterocycles. The molecule has 0 radical (unpaired) electrons. The minimum Gasteiger partial charge on any atom is -0.472 e. The molecule has 0 amide bonds. The van der Waals surface area contributed by atoms with E-state index in [0.29, 0.717) is 5.56 Å². The van der Waals surface area contributed by atoms with Crippen LogP contribution in [-0.4, -0.2) is 35.0 Å². The molecule has 0 saturated heterocycles. The van der Waals surface area contributed by atoms with E-state index in [1.807, 2.05) is 0 Å². The molecule has 2 aromatic rings. The Morgan fingerprint density at radius 3 is 2.75 bits per heavy atom. The lowest BCUT2D eigenvalue weighted by Gasteiger charge is -2.15. The van der Waals surface area contributed by atoms with Crippen molar-refractivity contribution in [1.82, 2.24) is 10.1 Å². The van der Waals surface area contributed by atoms with Crippen LogP contribution >= 0.6 is 0 Å². The quantitative estimate of drug-likeness (QED) is 0.859. The Bertz CT molecular complexity index is 652. The van der Waals surface area contributed by atoms with Gasteiger partial charge in [-0.05, 0) is 26.3 Å². The maximum Gasteiger partial charge on any atom is 0.242 e. The summed E-state index contributed by atoms with van der Waals surface area (Å²) < 4.78 is 33.6. The van der Waals surface area contributed by atoms with Gasteiger partial charge in [0.05, 0.1) is 23.2 Å². The first-order chi connectivity index (χ1) is 9.25. The number of sulfone groups is 1. The van der Waals surface area contributed by atoms with Gasteiger partial charge in [-0.15, -0.1) is 0 Å². The van der Waals surface area contributed by atoms with Gasteiger partial charge in [0.15, 0.2) is 9.84 Å². The monoisotopic (exact) mass is 300 g/mol. The highest BCUT2D eigenvalue weighted by atomic mass is 32.2. The van der Waals surface area contributed by atoms with Crippen molar-refractivity contribution in [2.75, 3.05) is 5.75 Å². The summed E-state index contributed by atoms with van der Waals surface area (Å²) in [6.07, 6.45) is 3.06. The average Bonchev–Trinajstić information content (AvgIpc) is 2.95. The van der Waals surface area contributed by atoms with Crippen LogP contribution in [0.3, 0.4) is 0 Å². The van der Waals surface area contributed by atoms with Crippen LogP contribution < -0.4 is 0 Å². The van der Waals surface area contributed by atoms with Crippen LogP contribution in [0, 0.1) is 0 Å². The Labute approximate surface area is 116 Å². The Balaban J connectivity index is 2.03. The maximum absolute atomic E-state index is 11.9. The van der Waals surface area contributed by atoms with Crippen LogP contribution in [0.2, 0.25) is 0 Å². The number of aliphatic hydroxyl groups is 1. The standard InChI is InChI=1S/C12H16N2O5S/c1-12(2,15)4-6-20(16,17)8-10-13-11(14-19-10)9-3-5-18-7-9/h3,5,7,15H,4,6,8H2,1-2H3. The number of hydrogen-bond acceptors (Lipinski definition) is 7. The average molecular weight is 300 g/mol. The Hall–Kier alpha value is -1.67. The van der Waals surface area contributed by atoms with Crippen molar-refractivity contribution in [3.8, 4) is 11.4 Å². The summed E-state index contributed by atoms with van der Waals surface area (Å²) in [6, 6.07) is 1.65. The third kappa shape index (κ3) is 4.17. The summed E-state index contributed by atoms with van der Waals surface area (Å²) in [7, 11) is -3.40. The normalized spacial score (nSPS) is 12.8. The molecule has 1 N–H and O–H groups in total. The smallest absolute Gasteiger partial charge is 0.242 e. The zero-order valence-electron chi connectivity index (χ0n) is 11.2. The number of furan rings is 1. The molecular formula is C12H16N2O5S. The van der Waals surface area contributed by atoms with Gasteiger partial charge in [-0.3, -0.25) is 0 Å². The lowest BCUT2D eigenvalue weighted by Crippen LogP contribution is -2.24. The number of aromatic nitrogens is 2.